The Bertz CT molecular complexity index is 602. The molecule has 0 aliphatic rings. The van der Waals surface area contributed by atoms with Crippen LogP contribution < -0.4 is 0 Å². The Morgan fingerprint density at radius 1 is 1.37 bits per heavy atom. The number of nitrogens with zero attached hydrogens (tertiary/aromatic N) is 2. The highest BCUT2D eigenvalue weighted by atomic mass is 79.9. The minimum absolute atomic E-state index is 0.114. The molecular weight excluding hydrogens is 308 g/mol. The minimum atomic E-state index is -0.114. The molecule has 2 aromatic rings. The van der Waals surface area contributed by atoms with E-state index in [1.165, 1.54) is 6.20 Å². The van der Waals surface area contributed by atoms with Crippen molar-refractivity contribution < 1.29 is 9.90 Å². The van der Waals surface area contributed by atoms with Crippen molar-refractivity contribution >= 4 is 21.8 Å². The van der Waals surface area contributed by atoms with Gasteiger partial charge in [0.2, 0.25) is 0 Å². The van der Waals surface area contributed by atoms with E-state index in [-0.39, 0.29) is 11.7 Å². The molecule has 0 spiro atoms. The van der Waals surface area contributed by atoms with Gasteiger partial charge in [0.1, 0.15) is 5.75 Å². The maximum atomic E-state index is 12.2. The normalized spacial score (nSPS) is 10.2. The number of benzene rings is 1. The summed E-state index contributed by atoms with van der Waals surface area (Å²) in [5.41, 5.74) is 1.40. The first-order valence-electron chi connectivity index (χ1n) is 5.70. The van der Waals surface area contributed by atoms with Crippen LogP contribution in [0.5, 0.6) is 5.75 Å². The molecule has 4 nitrogen and oxygen atoms in total. The topological polar surface area (TPSA) is 53.4 Å². The molecule has 1 N–H and O–H groups in total. The molecule has 0 atom stereocenters. The fourth-order valence-corrected chi connectivity index (χ4v) is 2.11. The maximum Gasteiger partial charge on any atom is 0.255 e. The number of hydrogen-bond donors (Lipinski definition) is 1. The zero-order valence-electron chi connectivity index (χ0n) is 10.4. The van der Waals surface area contributed by atoms with Gasteiger partial charge in [0.15, 0.2) is 0 Å². The number of carbonyl (C=O) groups is 1. The number of hydrogen-bond acceptors (Lipinski definition) is 3. The molecule has 19 heavy (non-hydrogen) atoms. The van der Waals surface area contributed by atoms with Gasteiger partial charge in [-0.1, -0.05) is 12.1 Å². The van der Waals surface area contributed by atoms with Crippen LogP contribution in [0.2, 0.25) is 0 Å². The van der Waals surface area contributed by atoms with Gasteiger partial charge in [-0.15, -0.1) is 0 Å². The van der Waals surface area contributed by atoms with Gasteiger partial charge < -0.3 is 10.0 Å². The van der Waals surface area contributed by atoms with E-state index in [2.05, 4.69) is 20.9 Å². The van der Waals surface area contributed by atoms with E-state index in [0.717, 1.165) is 10.0 Å². The standard InChI is InChI=1S/C14H13BrN2O2/c1-17(9-10-3-2-4-13(18)5-10)14(19)11-6-12(15)8-16-7-11/h2-8,18H,9H2,1H3. The van der Waals surface area contributed by atoms with E-state index in [0.29, 0.717) is 12.1 Å². The first-order chi connectivity index (χ1) is 9.06. The Morgan fingerprint density at radius 3 is 2.84 bits per heavy atom. The second-order valence-electron chi connectivity index (χ2n) is 4.22. The van der Waals surface area contributed by atoms with E-state index >= 15 is 0 Å². The molecule has 0 aliphatic carbocycles. The van der Waals surface area contributed by atoms with Crippen LogP contribution in [-0.4, -0.2) is 27.9 Å². The molecule has 5 heteroatoms. The highest BCUT2D eigenvalue weighted by Crippen LogP contribution is 2.15. The van der Waals surface area contributed by atoms with Crippen LogP contribution in [0, 0.1) is 0 Å². The van der Waals surface area contributed by atoms with Gasteiger partial charge in [0.05, 0.1) is 5.56 Å². The summed E-state index contributed by atoms with van der Waals surface area (Å²) >= 11 is 3.29. The fraction of sp³-hybridized carbons (Fsp3) is 0.143. The first-order valence-corrected chi connectivity index (χ1v) is 6.49. The summed E-state index contributed by atoms with van der Waals surface area (Å²) in [6.07, 6.45) is 3.16. The number of carbonyl (C=O) groups excluding carboxylic acids is 1. The second kappa shape index (κ2) is 5.84. The van der Waals surface area contributed by atoms with Crippen molar-refractivity contribution in [2.45, 2.75) is 6.54 Å². The molecule has 0 fully saturated rings. The Labute approximate surface area is 119 Å². The number of halogens is 1. The Kier molecular flexibility index (Phi) is 4.16. The lowest BCUT2D eigenvalue weighted by Crippen LogP contribution is -2.26. The summed E-state index contributed by atoms with van der Waals surface area (Å²) in [7, 11) is 1.72. The average Bonchev–Trinajstić information content (AvgIpc) is 2.38. The molecule has 0 unspecified atom stereocenters. The van der Waals surface area contributed by atoms with Crippen LogP contribution in [0.25, 0.3) is 0 Å². The lowest BCUT2D eigenvalue weighted by molar-refractivity contribution is 0.0784. The molecule has 98 valence electrons. The quantitative estimate of drug-likeness (QED) is 0.946. The predicted molar refractivity (Wildman–Crippen MR) is 75.8 cm³/mol. The first kappa shape index (κ1) is 13.5. The van der Waals surface area contributed by atoms with Gasteiger partial charge in [-0.2, -0.15) is 0 Å². The third-order valence-corrected chi connectivity index (χ3v) is 3.06. The molecular formula is C14H13BrN2O2. The van der Waals surface area contributed by atoms with Crippen molar-refractivity contribution in [1.82, 2.24) is 9.88 Å². The SMILES string of the molecule is CN(Cc1cccc(O)c1)C(=O)c1cncc(Br)c1. The van der Waals surface area contributed by atoms with Crippen LogP contribution in [0.15, 0.2) is 47.2 Å². The molecule has 0 bridgehead atoms. The van der Waals surface area contributed by atoms with E-state index in [1.807, 2.05) is 6.07 Å². The largest absolute Gasteiger partial charge is 0.508 e. The molecule has 1 heterocycles. The molecule has 1 aromatic carbocycles. The van der Waals surface area contributed by atoms with Gasteiger partial charge in [-0.3, -0.25) is 9.78 Å². The Hall–Kier alpha value is -1.88. The van der Waals surface area contributed by atoms with Gasteiger partial charge in [0.25, 0.3) is 5.91 Å². The van der Waals surface area contributed by atoms with Gasteiger partial charge in [-0.25, -0.2) is 0 Å². The minimum Gasteiger partial charge on any atom is -0.508 e. The van der Waals surface area contributed by atoms with Crippen molar-refractivity contribution in [2.75, 3.05) is 7.05 Å². The highest BCUT2D eigenvalue weighted by molar-refractivity contribution is 9.10. The zero-order valence-corrected chi connectivity index (χ0v) is 12.0. The van der Waals surface area contributed by atoms with E-state index < -0.39 is 0 Å². The molecule has 0 saturated heterocycles. The number of aromatic hydroxyl groups is 1. The summed E-state index contributed by atoms with van der Waals surface area (Å²) in [5.74, 6) is 0.0830. The number of pyridine rings is 1. The van der Waals surface area contributed by atoms with Gasteiger partial charge in [-0.05, 0) is 39.7 Å². The van der Waals surface area contributed by atoms with Crippen molar-refractivity contribution in [3.8, 4) is 5.75 Å². The Morgan fingerprint density at radius 2 is 2.16 bits per heavy atom. The summed E-state index contributed by atoms with van der Waals surface area (Å²) in [4.78, 5) is 17.7. The van der Waals surface area contributed by atoms with Crippen LogP contribution in [0.1, 0.15) is 15.9 Å². The molecule has 1 amide bonds. The van der Waals surface area contributed by atoms with Crippen molar-refractivity contribution in [3.05, 3.63) is 58.3 Å². The summed E-state index contributed by atoms with van der Waals surface area (Å²) in [6.45, 7) is 0.430. The summed E-state index contributed by atoms with van der Waals surface area (Å²) < 4.78 is 0.768. The van der Waals surface area contributed by atoms with Crippen LogP contribution in [-0.2, 0) is 6.54 Å². The average molecular weight is 321 g/mol. The Balaban J connectivity index is 2.12. The van der Waals surface area contributed by atoms with Crippen molar-refractivity contribution in [2.24, 2.45) is 0 Å². The van der Waals surface area contributed by atoms with E-state index in [1.54, 1.807) is 42.4 Å². The lowest BCUT2D eigenvalue weighted by Gasteiger charge is -2.17. The number of phenols is 1. The zero-order chi connectivity index (χ0) is 13.8. The second-order valence-corrected chi connectivity index (χ2v) is 5.14. The third kappa shape index (κ3) is 3.54. The molecule has 2 rings (SSSR count). The maximum absolute atomic E-state index is 12.2. The highest BCUT2D eigenvalue weighted by Gasteiger charge is 2.12. The van der Waals surface area contributed by atoms with Crippen molar-refractivity contribution in [1.29, 1.82) is 0 Å². The number of rotatable bonds is 3. The molecule has 0 saturated carbocycles. The van der Waals surface area contributed by atoms with Crippen LogP contribution >= 0.6 is 15.9 Å². The van der Waals surface area contributed by atoms with E-state index in [4.69, 9.17) is 0 Å². The van der Waals surface area contributed by atoms with Crippen molar-refractivity contribution in [3.63, 3.8) is 0 Å². The summed E-state index contributed by atoms with van der Waals surface area (Å²) in [6, 6.07) is 8.59. The summed E-state index contributed by atoms with van der Waals surface area (Å²) in [5, 5.41) is 9.40. The van der Waals surface area contributed by atoms with Crippen LogP contribution in [0.3, 0.4) is 0 Å². The number of amides is 1. The van der Waals surface area contributed by atoms with Gasteiger partial charge in [0, 0.05) is 30.5 Å². The van der Waals surface area contributed by atoms with Crippen LogP contribution in [0.4, 0.5) is 0 Å². The lowest BCUT2D eigenvalue weighted by atomic mass is 10.2. The number of aromatic nitrogens is 1. The molecule has 1 aromatic heterocycles. The monoisotopic (exact) mass is 320 g/mol. The van der Waals surface area contributed by atoms with Gasteiger partial charge >= 0.3 is 0 Å². The molecule has 0 radical (unpaired) electrons. The third-order valence-electron chi connectivity index (χ3n) is 2.63. The predicted octanol–water partition coefficient (Wildman–Crippen LogP) is 2.82. The molecule has 0 aliphatic heterocycles. The van der Waals surface area contributed by atoms with E-state index in [9.17, 15) is 9.90 Å². The number of phenolic OH excluding ortho intramolecular Hbond substituents is 1. The fourth-order valence-electron chi connectivity index (χ4n) is 1.75. The smallest absolute Gasteiger partial charge is 0.255 e.